The number of carbonyl (C=O) groups is 2. The minimum absolute atomic E-state index is 0.0466. The van der Waals surface area contributed by atoms with Crippen LogP contribution in [0.25, 0.3) is 0 Å². The molecule has 1 aromatic rings. The zero-order chi connectivity index (χ0) is 17.1. The van der Waals surface area contributed by atoms with E-state index < -0.39 is 16.4 Å². The van der Waals surface area contributed by atoms with Gasteiger partial charge in [-0.05, 0) is 32.9 Å². The number of nitro groups is 1. The van der Waals surface area contributed by atoms with Crippen molar-refractivity contribution >= 4 is 29.1 Å². The number of likely N-dealkylation sites (N-methyl/N-ethyl adjacent to an activating group) is 1. The van der Waals surface area contributed by atoms with E-state index in [9.17, 15) is 19.7 Å². The molecule has 120 valence electrons. The number of hydrogen-bond acceptors (Lipinski definition) is 4. The smallest absolute Gasteiger partial charge is 0.288 e. The van der Waals surface area contributed by atoms with Crippen molar-refractivity contribution in [3.63, 3.8) is 0 Å². The third kappa shape index (κ3) is 5.00. The maximum absolute atomic E-state index is 12.2. The van der Waals surface area contributed by atoms with E-state index in [1.54, 1.807) is 0 Å². The lowest BCUT2D eigenvalue weighted by atomic mass is 10.1. The van der Waals surface area contributed by atoms with Crippen LogP contribution in [0.4, 0.5) is 5.69 Å². The van der Waals surface area contributed by atoms with Crippen molar-refractivity contribution < 1.29 is 14.5 Å². The highest BCUT2D eigenvalue weighted by atomic mass is 35.5. The third-order valence-electron chi connectivity index (χ3n) is 2.63. The van der Waals surface area contributed by atoms with Gasteiger partial charge in [0.2, 0.25) is 5.91 Å². The summed E-state index contributed by atoms with van der Waals surface area (Å²) in [5.74, 6) is -0.810. The quantitative estimate of drug-likeness (QED) is 0.678. The molecule has 0 aliphatic heterocycles. The Morgan fingerprint density at radius 2 is 1.95 bits per heavy atom. The predicted octanol–water partition coefficient (Wildman–Crippen LogP) is 2.23. The van der Waals surface area contributed by atoms with E-state index in [-0.39, 0.29) is 28.7 Å². The van der Waals surface area contributed by atoms with E-state index >= 15 is 0 Å². The van der Waals surface area contributed by atoms with Gasteiger partial charge in [0.1, 0.15) is 5.02 Å². The molecule has 0 radical (unpaired) electrons. The Bertz CT molecular complexity index is 611. The number of halogens is 1. The zero-order valence-corrected chi connectivity index (χ0v) is 13.6. The van der Waals surface area contributed by atoms with Gasteiger partial charge in [-0.1, -0.05) is 11.6 Å². The van der Waals surface area contributed by atoms with Crippen molar-refractivity contribution in [1.29, 1.82) is 0 Å². The van der Waals surface area contributed by atoms with Gasteiger partial charge in [0.25, 0.3) is 11.6 Å². The van der Waals surface area contributed by atoms with Gasteiger partial charge in [-0.25, -0.2) is 0 Å². The molecule has 2 amide bonds. The molecular formula is C14H18ClN3O4. The fourth-order valence-electron chi connectivity index (χ4n) is 1.75. The highest BCUT2D eigenvalue weighted by Crippen LogP contribution is 2.25. The summed E-state index contributed by atoms with van der Waals surface area (Å²) in [5.41, 5.74) is -0.651. The number of hydrogen-bond donors (Lipinski definition) is 1. The van der Waals surface area contributed by atoms with Crippen molar-refractivity contribution in [3.05, 3.63) is 38.9 Å². The molecule has 22 heavy (non-hydrogen) atoms. The fraction of sp³-hybridized carbons (Fsp3) is 0.429. The molecule has 0 aliphatic rings. The molecule has 0 aliphatic carbocycles. The third-order valence-corrected chi connectivity index (χ3v) is 2.95. The number of rotatable bonds is 4. The Morgan fingerprint density at radius 1 is 1.36 bits per heavy atom. The molecule has 8 heteroatoms. The Kier molecular flexibility index (Phi) is 5.48. The number of amides is 2. The molecule has 0 atom stereocenters. The molecule has 1 aromatic carbocycles. The van der Waals surface area contributed by atoms with Crippen molar-refractivity contribution in [3.8, 4) is 0 Å². The van der Waals surface area contributed by atoms with Crippen LogP contribution in [-0.4, -0.2) is 40.8 Å². The van der Waals surface area contributed by atoms with Crippen LogP contribution < -0.4 is 5.32 Å². The normalized spacial score (nSPS) is 11.0. The van der Waals surface area contributed by atoms with E-state index in [2.05, 4.69) is 5.32 Å². The van der Waals surface area contributed by atoms with Gasteiger partial charge in [-0.2, -0.15) is 0 Å². The van der Waals surface area contributed by atoms with Gasteiger partial charge in [0.05, 0.1) is 11.5 Å². The molecule has 0 fully saturated rings. The average Bonchev–Trinajstić information content (AvgIpc) is 2.35. The number of nitro benzene ring substituents is 1. The lowest BCUT2D eigenvalue weighted by Gasteiger charge is -2.23. The zero-order valence-electron chi connectivity index (χ0n) is 12.8. The van der Waals surface area contributed by atoms with Crippen LogP contribution in [0.15, 0.2) is 18.2 Å². The molecule has 1 rings (SSSR count). The Hall–Kier alpha value is -2.15. The standard InChI is InChI=1S/C14H18ClN3O4/c1-14(2,3)16-12(19)8-17(4)13(20)9-5-6-10(15)11(7-9)18(21)22/h5-7H,8H2,1-4H3,(H,16,19). The number of nitrogens with zero attached hydrogens (tertiary/aromatic N) is 2. The average molecular weight is 328 g/mol. The van der Waals surface area contributed by atoms with Crippen LogP contribution in [0.3, 0.4) is 0 Å². The number of carbonyl (C=O) groups excluding carboxylic acids is 2. The summed E-state index contributed by atoms with van der Waals surface area (Å²) < 4.78 is 0. The Morgan fingerprint density at radius 3 is 2.45 bits per heavy atom. The first-order valence-corrected chi connectivity index (χ1v) is 6.89. The Labute approximate surface area is 133 Å². The summed E-state index contributed by atoms with van der Waals surface area (Å²) in [6, 6.07) is 3.77. The first-order valence-electron chi connectivity index (χ1n) is 6.51. The van der Waals surface area contributed by atoms with E-state index in [0.717, 1.165) is 6.07 Å². The molecule has 0 saturated heterocycles. The van der Waals surface area contributed by atoms with E-state index in [0.29, 0.717) is 0 Å². The summed E-state index contributed by atoms with van der Waals surface area (Å²) in [4.78, 5) is 35.4. The summed E-state index contributed by atoms with van der Waals surface area (Å²) in [7, 11) is 1.45. The van der Waals surface area contributed by atoms with Crippen molar-refractivity contribution in [1.82, 2.24) is 10.2 Å². The predicted molar refractivity (Wildman–Crippen MR) is 83.0 cm³/mol. The SMILES string of the molecule is CN(CC(=O)NC(C)(C)C)C(=O)c1ccc(Cl)c([N+](=O)[O-])c1. The number of benzene rings is 1. The maximum Gasteiger partial charge on any atom is 0.288 e. The lowest BCUT2D eigenvalue weighted by Crippen LogP contribution is -2.46. The number of nitrogens with one attached hydrogen (secondary N) is 1. The minimum atomic E-state index is -0.661. The lowest BCUT2D eigenvalue weighted by molar-refractivity contribution is -0.384. The topological polar surface area (TPSA) is 92.6 Å². The maximum atomic E-state index is 12.2. The summed E-state index contributed by atoms with van der Waals surface area (Å²) in [6.07, 6.45) is 0. The molecule has 0 saturated carbocycles. The highest BCUT2D eigenvalue weighted by Gasteiger charge is 2.21. The van der Waals surface area contributed by atoms with Crippen LogP contribution in [-0.2, 0) is 4.79 Å². The summed E-state index contributed by atoms with van der Waals surface area (Å²) in [5, 5.41) is 13.5. The second-order valence-electron chi connectivity index (χ2n) is 5.88. The molecule has 7 nitrogen and oxygen atoms in total. The van der Waals surface area contributed by atoms with E-state index in [1.165, 1.54) is 24.1 Å². The van der Waals surface area contributed by atoms with E-state index in [4.69, 9.17) is 11.6 Å². The molecule has 0 heterocycles. The van der Waals surface area contributed by atoms with Crippen molar-refractivity contribution in [2.24, 2.45) is 0 Å². The van der Waals surface area contributed by atoms with Crippen LogP contribution >= 0.6 is 11.6 Å². The minimum Gasteiger partial charge on any atom is -0.350 e. The Balaban J connectivity index is 2.85. The molecule has 0 unspecified atom stereocenters. The largest absolute Gasteiger partial charge is 0.350 e. The van der Waals surface area contributed by atoms with Crippen LogP contribution in [0.2, 0.25) is 5.02 Å². The summed E-state index contributed by atoms with van der Waals surface area (Å²) >= 11 is 5.70. The van der Waals surface area contributed by atoms with Gasteiger partial charge >= 0.3 is 0 Å². The molecule has 1 N–H and O–H groups in total. The van der Waals surface area contributed by atoms with Crippen LogP contribution in [0.1, 0.15) is 31.1 Å². The fourth-order valence-corrected chi connectivity index (χ4v) is 1.94. The van der Waals surface area contributed by atoms with Crippen LogP contribution in [0, 0.1) is 10.1 Å². The first kappa shape index (κ1) is 17.9. The molecule has 0 spiro atoms. The molecule has 0 aromatic heterocycles. The second-order valence-corrected chi connectivity index (χ2v) is 6.29. The second kappa shape index (κ2) is 6.74. The van der Waals surface area contributed by atoms with Gasteiger partial charge < -0.3 is 10.2 Å². The van der Waals surface area contributed by atoms with E-state index in [1.807, 2.05) is 20.8 Å². The van der Waals surface area contributed by atoms with Gasteiger partial charge in [0, 0.05) is 24.2 Å². The van der Waals surface area contributed by atoms with Crippen LogP contribution in [0.5, 0.6) is 0 Å². The van der Waals surface area contributed by atoms with Gasteiger partial charge in [-0.3, -0.25) is 19.7 Å². The highest BCUT2D eigenvalue weighted by molar-refractivity contribution is 6.32. The van der Waals surface area contributed by atoms with Gasteiger partial charge in [0.15, 0.2) is 0 Å². The van der Waals surface area contributed by atoms with Crippen molar-refractivity contribution in [2.45, 2.75) is 26.3 Å². The monoisotopic (exact) mass is 327 g/mol. The van der Waals surface area contributed by atoms with Gasteiger partial charge in [-0.15, -0.1) is 0 Å². The molecular weight excluding hydrogens is 310 g/mol. The first-order chi connectivity index (χ1) is 10.0. The summed E-state index contributed by atoms with van der Waals surface area (Å²) in [6.45, 7) is 5.34. The molecule has 0 bridgehead atoms. The van der Waals surface area contributed by atoms with Crippen molar-refractivity contribution in [2.75, 3.05) is 13.6 Å².